The summed E-state index contributed by atoms with van der Waals surface area (Å²) in [5.41, 5.74) is -0.950. The number of nitrogens with one attached hydrogen (secondary N) is 2. The monoisotopic (exact) mass is 372 g/mol. The van der Waals surface area contributed by atoms with Crippen molar-refractivity contribution < 1.29 is 13.2 Å². The Labute approximate surface area is 149 Å². The molecule has 8 heteroatoms. The van der Waals surface area contributed by atoms with E-state index in [0.717, 1.165) is 19.0 Å². The van der Waals surface area contributed by atoms with Crippen molar-refractivity contribution in [3.05, 3.63) is 40.7 Å². The van der Waals surface area contributed by atoms with Crippen LogP contribution >= 0.6 is 11.6 Å². The number of aryl methyl sites for hydroxylation is 1. The van der Waals surface area contributed by atoms with Crippen LogP contribution in [0.1, 0.15) is 31.7 Å². The van der Waals surface area contributed by atoms with E-state index in [4.69, 9.17) is 11.6 Å². The first-order chi connectivity index (χ1) is 11.6. The summed E-state index contributed by atoms with van der Waals surface area (Å²) < 4.78 is 39.6. The van der Waals surface area contributed by atoms with Crippen LogP contribution in [0.2, 0.25) is 5.02 Å². The Balaban J connectivity index is 2.24. The molecule has 2 N–H and O–H groups in total. The quantitative estimate of drug-likeness (QED) is 0.687. The molecule has 2 rings (SSSR count). The van der Waals surface area contributed by atoms with Crippen molar-refractivity contribution in [1.29, 1.82) is 0 Å². The molecule has 4 nitrogen and oxygen atoms in total. The first-order valence-corrected chi connectivity index (χ1v) is 8.26. The molecule has 1 heterocycles. The third kappa shape index (κ3) is 5.77. The average molecular weight is 373 g/mol. The van der Waals surface area contributed by atoms with Crippen LogP contribution in [0.5, 0.6) is 0 Å². The second-order valence-corrected chi connectivity index (χ2v) is 6.54. The Morgan fingerprint density at radius 1 is 1.12 bits per heavy atom. The van der Waals surface area contributed by atoms with E-state index >= 15 is 0 Å². The molecule has 136 valence electrons. The van der Waals surface area contributed by atoms with Gasteiger partial charge in [0.25, 0.3) is 0 Å². The molecule has 0 bridgehead atoms. The molecule has 2 aromatic rings. The van der Waals surface area contributed by atoms with E-state index in [9.17, 15) is 13.2 Å². The van der Waals surface area contributed by atoms with Crippen molar-refractivity contribution in [1.82, 2.24) is 9.97 Å². The second-order valence-electron chi connectivity index (χ2n) is 6.11. The van der Waals surface area contributed by atoms with E-state index in [-0.39, 0.29) is 16.5 Å². The Bertz CT molecular complexity index is 732. The maximum Gasteiger partial charge on any atom is 0.418 e. The van der Waals surface area contributed by atoms with Crippen LogP contribution in [0.3, 0.4) is 0 Å². The number of aromatic nitrogens is 2. The molecule has 0 aliphatic heterocycles. The maximum absolute atomic E-state index is 13.2. The van der Waals surface area contributed by atoms with Gasteiger partial charge >= 0.3 is 6.18 Å². The van der Waals surface area contributed by atoms with Gasteiger partial charge in [0.2, 0.25) is 0 Å². The van der Waals surface area contributed by atoms with Gasteiger partial charge in [0.15, 0.2) is 0 Å². The van der Waals surface area contributed by atoms with Gasteiger partial charge in [0.05, 0.1) is 11.3 Å². The second kappa shape index (κ2) is 7.91. The summed E-state index contributed by atoms with van der Waals surface area (Å²) in [6, 6.07) is 5.16. The Kier molecular flexibility index (Phi) is 6.11. The van der Waals surface area contributed by atoms with Gasteiger partial charge in [-0.2, -0.15) is 13.2 Å². The number of hydrogen-bond acceptors (Lipinski definition) is 4. The van der Waals surface area contributed by atoms with E-state index < -0.39 is 11.7 Å². The van der Waals surface area contributed by atoms with Crippen molar-refractivity contribution in [2.45, 2.75) is 33.4 Å². The van der Waals surface area contributed by atoms with Gasteiger partial charge in [0, 0.05) is 17.6 Å². The van der Waals surface area contributed by atoms with Crippen LogP contribution in [-0.4, -0.2) is 16.5 Å². The number of nitrogens with zero attached hydrogens (tertiary/aromatic N) is 2. The lowest BCUT2D eigenvalue weighted by atomic mass is 10.1. The van der Waals surface area contributed by atoms with Gasteiger partial charge in [-0.3, -0.25) is 0 Å². The molecular weight excluding hydrogens is 353 g/mol. The van der Waals surface area contributed by atoms with Crippen LogP contribution in [0.4, 0.5) is 30.5 Å². The summed E-state index contributed by atoms with van der Waals surface area (Å²) in [6.45, 7) is 6.63. The van der Waals surface area contributed by atoms with Crippen molar-refractivity contribution in [3.8, 4) is 0 Å². The van der Waals surface area contributed by atoms with Crippen LogP contribution in [-0.2, 0) is 6.18 Å². The standard InChI is InChI=1S/C17H20ClF3N4/c1-10(2)6-7-22-15-9-16(24-11(3)23-15)25-14-5-4-12(18)8-13(14)17(19,20)21/h4-5,8-10H,6-7H2,1-3H3,(H2,22,23,24,25). The average Bonchev–Trinajstić information content (AvgIpc) is 2.47. The molecule has 25 heavy (non-hydrogen) atoms. The van der Waals surface area contributed by atoms with E-state index in [1.165, 1.54) is 12.1 Å². The minimum atomic E-state index is -4.52. The molecule has 0 spiro atoms. The SMILES string of the molecule is Cc1nc(NCCC(C)C)cc(Nc2ccc(Cl)cc2C(F)(F)F)n1. The topological polar surface area (TPSA) is 49.8 Å². The molecule has 0 unspecified atom stereocenters. The zero-order valence-electron chi connectivity index (χ0n) is 14.2. The third-order valence-corrected chi connectivity index (χ3v) is 3.65. The smallest absolute Gasteiger partial charge is 0.370 e. The van der Waals surface area contributed by atoms with Gasteiger partial charge in [-0.25, -0.2) is 9.97 Å². The highest BCUT2D eigenvalue weighted by Crippen LogP contribution is 2.37. The molecule has 0 amide bonds. The third-order valence-electron chi connectivity index (χ3n) is 3.42. The van der Waals surface area contributed by atoms with Crippen LogP contribution in [0, 0.1) is 12.8 Å². The Hall–Kier alpha value is -2.02. The minimum Gasteiger partial charge on any atom is -0.370 e. The van der Waals surface area contributed by atoms with E-state index in [1.54, 1.807) is 13.0 Å². The lowest BCUT2D eigenvalue weighted by Gasteiger charge is -2.15. The van der Waals surface area contributed by atoms with Crippen molar-refractivity contribution >= 4 is 28.9 Å². The molecule has 0 fully saturated rings. The Morgan fingerprint density at radius 2 is 1.80 bits per heavy atom. The molecule has 0 radical (unpaired) electrons. The lowest BCUT2D eigenvalue weighted by molar-refractivity contribution is -0.136. The summed E-state index contributed by atoms with van der Waals surface area (Å²) in [4.78, 5) is 8.41. The Morgan fingerprint density at radius 3 is 2.44 bits per heavy atom. The molecule has 0 aliphatic carbocycles. The van der Waals surface area contributed by atoms with E-state index in [0.29, 0.717) is 17.6 Å². The number of anilines is 3. The van der Waals surface area contributed by atoms with Gasteiger partial charge < -0.3 is 10.6 Å². The summed E-state index contributed by atoms with van der Waals surface area (Å²) in [6.07, 6.45) is -3.56. The first kappa shape index (κ1) is 19.3. The summed E-state index contributed by atoms with van der Waals surface area (Å²) in [5, 5.41) is 5.90. The van der Waals surface area contributed by atoms with E-state index in [2.05, 4.69) is 34.4 Å². The first-order valence-electron chi connectivity index (χ1n) is 7.88. The number of halogens is 4. The fourth-order valence-corrected chi connectivity index (χ4v) is 2.38. The van der Waals surface area contributed by atoms with Crippen LogP contribution in [0.15, 0.2) is 24.3 Å². The highest BCUT2D eigenvalue weighted by Gasteiger charge is 2.34. The molecule has 0 saturated carbocycles. The summed E-state index contributed by atoms with van der Waals surface area (Å²) in [7, 11) is 0. The fraction of sp³-hybridized carbons (Fsp3) is 0.412. The predicted octanol–water partition coefficient (Wildman–Crippen LogP) is 5.66. The molecule has 1 aromatic carbocycles. The highest BCUT2D eigenvalue weighted by atomic mass is 35.5. The van der Waals surface area contributed by atoms with Gasteiger partial charge in [0.1, 0.15) is 17.5 Å². The fourth-order valence-electron chi connectivity index (χ4n) is 2.21. The van der Waals surface area contributed by atoms with Crippen molar-refractivity contribution in [3.63, 3.8) is 0 Å². The highest BCUT2D eigenvalue weighted by molar-refractivity contribution is 6.30. The minimum absolute atomic E-state index is 0.0211. The predicted molar refractivity (Wildman–Crippen MR) is 94.5 cm³/mol. The van der Waals surface area contributed by atoms with E-state index in [1.807, 2.05) is 0 Å². The summed E-state index contributed by atoms with van der Waals surface area (Å²) >= 11 is 5.70. The van der Waals surface area contributed by atoms with Crippen LogP contribution < -0.4 is 10.6 Å². The van der Waals surface area contributed by atoms with Crippen molar-refractivity contribution in [2.75, 3.05) is 17.2 Å². The van der Waals surface area contributed by atoms with Gasteiger partial charge in [-0.1, -0.05) is 25.4 Å². The maximum atomic E-state index is 13.2. The zero-order chi connectivity index (χ0) is 18.6. The van der Waals surface area contributed by atoms with Crippen molar-refractivity contribution in [2.24, 2.45) is 5.92 Å². The molecule has 0 saturated heterocycles. The molecule has 0 atom stereocenters. The lowest BCUT2D eigenvalue weighted by Crippen LogP contribution is -2.11. The molecule has 1 aromatic heterocycles. The number of benzene rings is 1. The number of hydrogen-bond donors (Lipinski definition) is 2. The normalized spacial score (nSPS) is 11.7. The van der Waals surface area contributed by atoms with Gasteiger partial charge in [-0.05, 0) is 37.5 Å². The molecule has 0 aliphatic rings. The van der Waals surface area contributed by atoms with Gasteiger partial charge in [-0.15, -0.1) is 0 Å². The largest absolute Gasteiger partial charge is 0.418 e. The molecular formula is C17H20ClF3N4. The number of alkyl halides is 3. The zero-order valence-corrected chi connectivity index (χ0v) is 15.0. The summed E-state index contributed by atoms with van der Waals surface area (Å²) in [5.74, 6) is 1.85. The number of rotatable bonds is 6. The van der Waals surface area contributed by atoms with Crippen LogP contribution in [0.25, 0.3) is 0 Å².